The van der Waals surface area contributed by atoms with E-state index in [9.17, 15) is 0 Å². The SMILES string of the molecule is Cc1ccc(CNc2cc(NCCc3ccc(Cl)cc3)ncn2)cc1. The summed E-state index contributed by atoms with van der Waals surface area (Å²) in [6.45, 7) is 3.63. The van der Waals surface area contributed by atoms with E-state index in [1.54, 1.807) is 6.33 Å². The summed E-state index contributed by atoms with van der Waals surface area (Å²) in [4.78, 5) is 8.54. The molecule has 0 amide bonds. The van der Waals surface area contributed by atoms with Crippen molar-refractivity contribution in [2.75, 3.05) is 17.2 Å². The van der Waals surface area contributed by atoms with Crippen LogP contribution in [-0.4, -0.2) is 16.5 Å². The Labute approximate surface area is 153 Å². The second-order valence-corrected chi connectivity index (χ2v) is 6.37. The average Bonchev–Trinajstić information content (AvgIpc) is 2.63. The summed E-state index contributed by atoms with van der Waals surface area (Å²) in [5, 5.41) is 7.42. The first kappa shape index (κ1) is 17.2. The fraction of sp³-hybridized carbons (Fsp3) is 0.200. The van der Waals surface area contributed by atoms with Gasteiger partial charge in [-0.1, -0.05) is 53.6 Å². The molecule has 3 rings (SSSR count). The van der Waals surface area contributed by atoms with Gasteiger partial charge in [-0.05, 0) is 36.6 Å². The number of aryl methyl sites for hydroxylation is 1. The van der Waals surface area contributed by atoms with Crippen LogP contribution in [0.2, 0.25) is 5.02 Å². The predicted octanol–water partition coefficient (Wildman–Crippen LogP) is 4.71. The molecule has 25 heavy (non-hydrogen) atoms. The van der Waals surface area contributed by atoms with Crippen LogP contribution >= 0.6 is 11.6 Å². The highest BCUT2D eigenvalue weighted by Gasteiger charge is 2.00. The van der Waals surface area contributed by atoms with Gasteiger partial charge >= 0.3 is 0 Å². The van der Waals surface area contributed by atoms with Crippen LogP contribution in [0.25, 0.3) is 0 Å². The minimum atomic E-state index is 0.738. The van der Waals surface area contributed by atoms with Crippen molar-refractivity contribution in [3.05, 3.63) is 82.6 Å². The maximum Gasteiger partial charge on any atom is 0.131 e. The minimum absolute atomic E-state index is 0.738. The summed E-state index contributed by atoms with van der Waals surface area (Å²) in [6, 6.07) is 18.3. The van der Waals surface area contributed by atoms with Gasteiger partial charge in [-0.15, -0.1) is 0 Å². The summed E-state index contributed by atoms with van der Waals surface area (Å²) in [7, 11) is 0. The summed E-state index contributed by atoms with van der Waals surface area (Å²) in [5.41, 5.74) is 3.73. The number of halogens is 1. The lowest BCUT2D eigenvalue weighted by Crippen LogP contribution is -2.08. The van der Waals surface area contributed by atoms with Crippen LogP contribution in [0.1, 0.15) is 16.7 Å². The van der Waals surface area contributed by atoms with Gasteiger partial charge in [0, 0.05) is 24.2 Å². The molecule has 0 saturated heterocycles. The van der Waals surface area contributed by atoms with Gasteiger partial charge in [-0.2, -0.15) is 0 Å². The molecule has 0 aliphatic rings. The van der Waals surface area contributed by atoms with Crippen molar-refractivity contribution in [3.8, 4) is 0 Å². The quantitative estimate of drug-likeness (QED) is 0.646. The molecule has 2 aromatic carbocycles. The Morgan fingerprint density at radius 2 is 1.48 bits per heavy atom. The number of anilines is 2. The van der Waals surface area contributed by atoms with Crippen molar-refractivity contribution < 1.29 is 0 Å². The molecular formula is C20H21ClN4. The number of aromatic nitrogens is 2. The van der Waals surface area contributed by atoms with Crippen LogP contribution in [0.3, 0.4) is 0 Å². The number of benzene rings is 2. The Balaban J connectivity index is 1.50. The molecule has 128 valence electrons. The first-order valence-electron chi connectivity index (χ1n) is 8.29. The van der Waals surface area contributed by atoms with Crippen molar-refractivity contribution in [3.63, 3.8) is 0 Å². The maximum atomic E-state index is 5.90. The molecular weight excluding hydrogens is 332 g/mol. The molecule has 2 N–H and O–H groups in total. The molecule has 1 aromatic heterocycles. The van der Waals surface area contributed by atoms with E-state index in [2.05, 4.69) is 51.8 Å². The highest BCUT2D eigenvalue weighted by atomic mass is 35.5. The van der Waals surface area contributed by atoms with E-state index in [4.69, 9.17) is 11.6 Å². The predicted molar refractivity (Wildman–Crippen MR) is 104 cm³/mol. The fourth-order valence-corrected chi connectivity index (χ4v) is 2.56. The first-order chi connectivity index (χ1) is 12.2. The van der Waals surface area contributed by atoms with Gasteiger partial charge in [-0.3, -0.25) is 0 Å². The van der Waals surface area contributed by atoms with Crippen LogP contribution in [0.4, 0.5) is 11.6 Å². The summed E-state index contributed by atoms with van der Waals surface area (Å²) >= 11 is 5.90. The van der Waals surface area contributed by atoms with E-state index in [-0.39, 0.29) is 0 Å². The molecule has 1 heterocycles. The largest absolute Gasteiger partial charge is 0.370 e. The number of nitrogens with one attached hydrogen (secondary N) is 2. The van der Waals surface area contributed by atoms with E-state index in [1.807, 2.05) is 30.3 Å². The molecule has 0 bridgehead atoms. The Bertz CT molecular complexity index is 801. The van der Waals surface area contributed by atoms with Gasteiger partial charge in [0.2, 0.25) is 0 Å². The van der Waals surface area contributed by atoms with Gasteiger partial charge in [0.25, 0.3) is 0 Å². The topological polar surface area (TPSA) is 49.8 Å². The van der Waals surface area contributed by atoms with Crippen LogP contribution in [0.5, 0.6) is 0 Å². The Morgan fingerprint density at radius 3 is 2.20 bits per heavy atom. The lowest BCUT2D eigenvalue weighted by atomic mass is 10.1. The van der Waals surface area contributed by atoms with Crippen molar-refractivity contribution >= 4 is 23.2 Å². The van der Waals surface area contributed by atoms with Crippen molar-refractivity contribution in [2.45, 2.75) is 19.9 Å². The third kappa shape index (κ3) is 5.47. The standard InChI is InChI=1S/C20H21ClN4/c1-15-2-4-17(5-3-15)13-23-20-12-19(24-14-25-20)22-11-10-16-6-8-18(21)9-7-16/h2-9,12,14H,10-11,13H2,1H3,(H2,22,23,24,25). The molecule has 0 aliphatic carbocycles. The van der Waals surface area contributed by atoms with Crippen molar-refractivity contribution in [1.29, 1.82) is 0 Å². The molecule has 0 fully saturated rings. The van der Waals surface area contributed by atoms with Crippen LogP contribution in [-0.2, 0) is 13.0 Å². The average molecular weight is 353 g/mol. The van der Waals surface area contributed by atoms with E-state index >= 15 is 0 Å². The van der Waals surface area contributed by atoms with Crippen LogP contribution in [0, 0.1) is 6.92 Å². The fourth-order valence-electron chi connectivity index (χ4n) is 2.44. The second kappa shape index (κ2) is 8.49. The lowest BCUT2D eigenvalue weighted by Gasteiger charge is -2.09. The molecule has 0 spiro atoms. The van der Waals surface area contributed by atoms with Crippen LogP contribution < -0.4 is 10.6 Å². The number of hydrogen-bond donors (Lipinski definition) is 2. The van der Waals surface area contributed by atoms with Crippen molar-refractivity contribution in [1.82, 2.24) is 9.97 Å². The van der Waals surface area contributed by atoms with E-state index in [1.165, 1.54) is 16.7 Å². The van der Waals surface area contributed by atoms with Crippen molar-refractivity contribution in [2.24, 2.45) is 0 Å². The highest BCUT2D eigenvalue weighted by Crippen LogP contribution is 2.12. The summed E-state index contributed by atoms with van der Waals surface area (Å²) < 4.78 is 0. The highest BCUT2D eigenvalue weighted by molar-refractivity contribution is 6.30. The zero-order chi connectivity index (χ0) is 17.5. The Morgan fingerprint density at radius 1 is 0.840 bits per heavy atom. The normalized spacial score (nSPS) is 10.5. The molecule has 4 nitrogen and oxygen atoms in total. The van der Waals surface area contributed by atoms with Crippen LogP contribution in [0.15, 0.2) is 60.9 Å². The number of hydrogen-bond acceptors (Lipinski definition) is 4. The summed E-state index contributed by atoms with van der Waals surface area (Å²) in [5.74, 6) is 1.62. The third-order valence-electron chi connectivity index (χ3n) is 3.89. The zero-order valence-electron chi connectivity index (χ0n) is 14.2. The molecule has 0 unspecified atom stereocenters. The molecule has 0 atom stereocenters. The zero-order valence-corrected chi connectivity index (χ0v) is 14.9. The number of nitrogens with zero attached hydrogens (tertiary/aromatic N) is 2. The molecule has 0 saturated carbocycles. The van der Waals surface area contributed by atoms with Gasteiger partial charge < -0.3 is 10.6 Å². The third-order valence-corrected chi connectivity index (χ3v) is 4.15. The second-order valence-electron chi connectivity index (χ2n) is 5.93. The van der Waals surface area contributed by atoms with Gasteiger partial charge in [0.15, 0.2) is 0 Å². The smallest absolute Gasteiger partial charge is 0.131 e. The monoisotopic (exact) mass is 352 g/mol. The number of rotatable bonds is 7. The van der Waals surface area contributed by atoms with Gasteiger partial charge in [-0.25, -0.2) is 9.97 Å². The van der Waals surface area contributed by atoms with Gasteiger partial charge in [0.1, 0.15) is 18.0 Å². The maximum absolute atomic E-state index is 5.90. The van der Waals surface area contributed by atoms with E-state index in [0.29, 0.717) is 0 Å². The lowest BCUT2D eigenvalue weighted by molar-refractivity contribution is 0.996. The van der Waals surface area contributed by atoms with E-state index < -0.39 is 0 Å². The molecule has 5 heteroatoms. The van der Waals surface area contributed by atoms with E-state index in [0.717, 1.165) is 36.2 Å². The minimum Gasteiger partial charge on any atom is -0.370 e. The Hall–Kier alpha value is -2.59. The molecule has 3 aromatic rings. The molecule has 0 aliphatic heterocycles. The van der Waals surface area contributed by atoms with Gasteiger partial charge in [0.05, 0.1) is 0 Å². The summed E-state index contributed by atoms with van der Waals surface area (Å²) in [6.07, 6.45) is 2.48. The molecule has 0 radical (unpaired) electrons. The first-order valence-corrected chi connectivity index (χ1v) is 8.66. The Kier molecular flexibility index (Phi) is 5.86.